The molecule has 0 aliphatic carbocycles. The second-order valence-electron chi connectivity index (χ2n) is 4.90. The van der Waals surface area contributed by atoms with Gasteiger partial charge in [0.05, 0.1) is 16.8 Å². The minimum atomic E-state index is 0.166. The van der Waals surface area contributed by atoms with E-state index in [0.29, 0.717) is 23.1 Å². The van der Waals surface area contributed by atoms with Gasteiger partial charge in [0.2, 0.25) is 11.8 Å². The summed E-state index contributed by atoms with van der Waals surface area (Å²) in [5, 5.41) is 18.3. The van der Waals surface area contributed by atoms with Crippen LogP contribution in [0.3, 0.4) is 0 Å². The fourth-order valence-corrected chi connectivity index (χ4v) is 2.92. The standard InChI is InChI=1S/C16H12N4O2S/c21-11-5-3-4-10(8-11)15-20-19-14(22-15)9-23-16-17-12-6-1-2-7-13(12)18-16/h1-8,21H,9H2,(H,17,18). The normalized spacial score (nSPS) is 11.1. The molecule has 4 rings (SSSR count). The molecule has 2 aromatic heterocycles. The number of benzene rings is 2. The molecule has 0 amide bonds. The first-order valence-corrected chi connectivity index (χ1v) is 7.96. The zero-order valence-electron chi connectivity index (χ0n) is 11.9. The number of imidazole rings is 1. The van der Waals surface area contributed by atoms with Crippen molar-refractivity contribution in [3.63, 3.8) is 0 Å². The molecule has 0 saturated heterocycles. The Bertz CT molecular complexity index is 930. The summed E-state index contributed by atoms with van der Waals surface area (Å²) < 4.78 is 5.62. The van der Waals surface area contributed by atoms with Crippen LogP contribution in [0.25, 0.3) is 22.5 Å². The van der Waals surface area contributed by atoms with Gasteiger partial charge in [-0.2, -0.15) is 0 Å². The van der Waals surface area contributed by atoms with Crippen molar-refractivity contribution in [2.75, 3.05) is 0 Å². The molecule has 0 aliphatic heterocycles. The smallest absolute Gasteiger partial charge is 0.247 e. The SMILES string of the molecule is Oc1cccc(-c2nnc(CSc3nc4ccccc4[nH]3)o2)c1. The Kier molecular flexibility index (Phi) is 3.47. The van der Waals surface area contributed by atoms with E-state index in [1.165, 1.54) is 11.8 Å². The molecule has 0 atom stereocenters. The number of nitrogens with zero attached hydrogens (tertiary/aromatic N) is 3. The fourth-order valence-electron chi connectivity index (χ4n) is 2.20. The average molecular weight is 324 g/mol. The lowest BCUT2D eigenvalue weighted by Crippen LogP contribution is -1.81. The van der Waals surface area contributed by atoms with E-state index >= 15 is 0 Å². The average Bonchev–Trinajstić information content (AvgIpc) is 3.19. The van der Waals surface area contributed by atoms with Crippen molar-refractivity contribution in [2.45, 2.75) is 10.9 Å². The van der Waals surface area contributed by atoms with Crippen LogP contribution in [0.2, 0.25) is 0 Å². The molecule has 0 spiro atoms. The molecular weight excluding hydrogens is 312 g/mol. The second kappa shape index (κ2) is 5.77. The van der Waals surface area contributed by atoms with E-state index in [2.05, 4.69) is 20.2 Å². The predicted molar refractivity (Wildman–Crippen MR) is 87.1 cm³/mol. The molecule has 114 valence electrons. The molecule has 0 saturated carbocycles. The Morgan fingerprint density at radius 2 is 2.00 bits per heavy atom. The van der Waals surface area contributed by atoms with Crippen LogP contribution in [-0.4, -0.2) is 25.3 Å². The highest BCUT2D eigenvalue weighted by atomic mass is 32.2. The molecule has 4 aromatic rings. The third-order valence-electron chi connectivity index (χ3n) is 3.26. The van der Waals surface area contributed by atoms with Crippen LogP contribution >= 0.6 is 11.8 Å². The third-order valence-corrected chi connectivity index (χ3v) is 4.12. The number of aromatic amines is 1. The first-order valence-electron chi connectivity index (χ1n) is 6.97. The highest BCUT2D eigenvalue weighted by molar-refractivity contribution is 7.98. The predicted octanol–water partition coefficient (Wildman–Crippen LogP) is 3.61. The minimum Gasteiger partial charge on any atom is -0.508 e. The molecule has 0 radical (unpaired) electrons. The topological polar surface area (TPSA) is 87.8 Å². The van der Waals surface area contributed by atoms with E-state index in [-0.39, 0.29) is 5.75 Å². The van der Waals surface area contributed by atoms with E-state index in [4.69, 9.17) is 4.42 Å². The molecule has 23 heavy (non-hydrogen) atoms. The maximum atomic E-state index is 9.50. The number of hydrogen-bond donors (Lipinski definition) is 2. The monoisotopic (exact) mass is 324 g/mol. The van der Waals surface area contributed by atoms with Crippen molar-refractivity contribution in [3.8, 4) is 17.2 Å². The molecular formula is C16H12N4O2S. The van der Waals surface area contributed by atoms with Crippen molar-refractivity contribution in [3.05, 3.63) is 54.4 Å². The summed E-state index contributed by atoms with van der Waals surface area (Å²) in [4.78, 5) is 7.73. The number of thioether (sulfide) groups is 1. The second-order valence-corrected chi connectivity index (χ2v) is 5.86. The highest BCUT2D eigenvalue weighted by Gasteiger charge is 2.11. The van der Waals surface area contributed by atoms with Crippen molar-refractivity contribution < 1.29 is 9.52 Å². The summed E-state index contributed by atoms with van der Waals surface area (Å²) in [6.45, 7) is 0. The number of aromatic hydroxyl groups is 1. The van der Waals surface area contributed by atoms with Crippen LogP contribution in [0.1, 0.15) is 5.89 Å². The first-order chi connectivity index (χ1) is 11.3. The van der Waals surface area contributed by atoms with E-state index < -0.39 is 0 Å². The van der Waals surface area contributed by atoms with Gasteiger partial charge in [0, 0.05) is 5.56 Å². The van der Waals surface area contributed by atoms with E-state index in [1.807, 2.05) is 30.3 Å². The Morgan fingerprint density at radius 1 is 1.09 bits per heavy atom. The van der Waals surface area contributed by atoms with Crippen LogP contribution in [0.5, 0.6) is 5.75 Å². The molecule has 2 heterocycles. The summed E-state index contributed by atoms with van der Waals surface area (Å²) in [5.41, 5.74) is 2.62. The Balaban J connectivity index is 1.49. The van der Waals surface area contributed by atoms with E-state index in [0.717, 1.165) is 16.2 Å². The molecule has 6 nitrogen and oxygen atoms in total. The minimum absolute atomic E-state index is 0.166. The van der Waals surface area contributed by atoms with E-state index in [1.54, 1.807) is 18.2 Å². The summed E-state index contributed by atoms with van der Waals surface area (Å²) >= 11 is 1.50. The molecule has 2 N–H and O–H groups in total. The number of rotatable bonds is 4. The number of para-hydroxylation sites is 2. The lowest BCUT2D eigenvalue weighted by Gasteiger charge is -1.95. The number of hydrogen-bond acceptors (Lipinski definition) is 6. The van der Waals surface area contributed by atoms with Gasteiger partial charge in [-0.1, -0.05) is 30.0 Å². The van der Waals surface area contributed by atoms with Gasteiger partial charge in [-0.25, -0.2) is 4.98 Å². The van der Waals surface area contributed by atoms with Gasteiger partial charge in [0.25, 0.3) is 0 Å². The highest BCUT2D eigenvalue weighted by Crippen LogP contribution is 2.25. The fraction of sp³-hybridized carbons (Fsp3) is 0.0625. The number of phenols is 1. The number of phenolic OH excluding ortho intramolecular Hbond substituents is 1. The zero-order chi connectivity index (χ0) is 15.6. The lowest BCUT2D eigenvalue weighted by molar-refractivity contribution is 0.474. The van der Waals surface area contributed by atoms with Crippen LogP contribution in [0, 0.1) is 0 Å². The van der Waals surface area contributed by atoms with Gasteiger partial charge in [-0.15, -0.1) is 10.2 Å². The first kappa shape index (κ1) is 13.8. The van der Waals surface area contributed by atoms with E-state index in [9.17, 15) is 5.11 Å². The summed E-state index contributed by atoms with van der Waals surface area (Å²) in [7, 11) is 0. The molecule has 0 bridgehead atoms. The summed E-state index contributed by atoms with van der Waals surface area (Å²) in [5.74, 6) is 1.58. The molecule has 2 aromatic carbocycles. The molecule has 0 fully saturated rings. The van der Waals surface area contributed by atoms with Gasteiger partial charge >= 0.3 is 0 Å². The van der Waals surface area contributed by atoms with Crippen LogP contribution in [-0.2, 0) is 5.75 Å². The number of aromatic nitrogens is 4. The molecule has 0 unspecified atom stereocenters. The quantitative estimate of drug-likeness (QED) is 0.558. The van der Waals surface area contributed by atoms with Crippen molar-refractivity contribution in [2.24, 2.45) is 0 Å². The number of nitrogens with one attached hydrogen (secondary N) is 1. The number of H-pyrrole nitrogens is 1. The maximum Gasteiger partial charge on any atom is 0.247 e. The Labute approximate surface area is 135 Å². The van der Waals surface area contributed by atoms with Crippen LogP contribution in [0.4, 0.5) is 0 Å². The van der Waals surface area contributed by atoms with Crippen LogP contribution in [0.15, 0.2) is 58.1 Å². The van der Waals surface area contributed by atoms with Gasteiger partial charge in [-0.05, 0) is 30.3 Å². The maximum absolute atomic E-state index is 9.50. The van der Waals surface area contributed by atoms with Crippen molar-refractivity contribution >= 4 is 22.8 Å². The van der Waals surface area contributed by atoms with Crippen LogP contribution < -0.4 is 0 Å². The van der Waals surface area contributed by atoms with Gasteiger partial charge in [-0.3, -0.25) is 0 Å². The number of fused-ring (bicyclic) bond motifs is 1. The zero-order valence-corrected chi connectivity index (χ0v) is 12.7. The lowest BCUT2D eigenvalue weighted by atomic mass is 10.2. The van der Waals surface area contributed by atoms with Crippen molar-refractivity contribution in [1.29, 1.82) is 0 Å². The Morgan fingerprint density at radius 3 is 2.87 bits per heavy atom. The summed E-state index contributed by atoms with van der Waals surface area (Å²) in [6, 6.07) is 14.6. The van der Waals surface area contributed by atoms with Crippen molar-refractivity contribution in [1.82, 2.24) is 20.2 Å². The third kappa shape index (κ3) is 2.91. The largest absolute Gasteiger partial charge is 0.508 e. The summed E-state index contributed by atoms with van der Waals surface area (Å²) in [6.07, 6.45) is 0. The molecule has 0 aliphatic rings. The Hall–Kier alpha value is -2.80. The van der Waals surface area contributed by atoms with Gasteiger partial charge in [0.1, 0.15) is 5.75 Å². The molecule has 7 heteroatoms. The van der Waals surface area contributed by atoms with Gasteiger partial charge < -0.3 is 14.5 Å². The van der Waals surface area contributed by atoms with Gasteiger partial charge in [0.15, 0.2) is 5.16 Å².